The van der Waals surface area contributed by atoms with Crippen LogP contribution in [0.3, 0.4) is 0 Å². The van der Waals surface area contributed by atoms with Crippen LogP contribution in [0.15, 0.2) is 30.6 Å². The van der Waals surface area contributed by atoms with Gasteiger partial charge in [-0.15, -0.1) is 0 Å². The van der Waals surface area contributed by atoms with Gasteiger partial charge >= 0.3 is 6.18 Å². The highest BCUT2D eigenvalue weighted by atomic mass is 32.1. The van der Waals surface area contributed by atoms with E-state index in [1.165, 1.54) is 33.8 Å². The van der Waals surface area contributed by atoms with E-state index >= 15 is 0 Å². The van der Waals surface area contributed by atoms with E-state index in [1.54, 1.807) is 13.1 Å². The number of para-hydroxylation sites is 1. The number of nitrogens with zero attached hydrogens (tertiary/aromatic N) is 5. The maximum Gasteiger partial charge on any atom is 0.401 e. The lowest BCUT2D eigenvalue weighted by atomic mass is 10.1. The maximum atomic E-state index is 12.8. The van der Waals surface area contributed by atoms with E-state index in [4.69, 9.17) is 12.2 Å². The van der Waals surface area contributed by atoms with E-state index < -0.39 is 17.6 Å². The number of nitro benzene ring substituents is 1. The van der Waals surface area contributed by atoms with Gasteiger partial charge in [0, 0.05) is 25.2 Å². The lowest BCUT2D eigenvalue weighted by molar-refractivity contribution is -0.385. The molecule has 130 valence electrons. The van der Waals surface area contributed by atoms with E-state index in [0.717, 1.165) is 4.90 Å². The molecule has 11 heteroatoms. The van der Waals surface area contributed by atoms with Crippen molar-refractivity contribution in [3.63, 3.8) is 0 Å². The zero-order valence-corrected chi connectivity index (χ0v) is 13.4. The molecule has 1 aromatic heterocycles. The van der Waals surface area contributed by atoms with E-state index in [9.17, 15) is 23.3 Å². The average Bonchev–Trinajstić information content (AvgIpc) is 2.78. The summed E-state index contributed by atoms with van der Waals surface area (Å²) in [7, 11) is 1.63. The van der Waals surface area contributed by atoms with Gasteiger partial charge < -0.3 is 4.57 Å². The van der Waals surface area contributed by atoms with Gasteiger partial charge in [-0.3, -0.25) is 15.0 Å². The van der Waals surface area contributed by atoms with Gasteiger partial charge in [-0.1, -0.05) is 18.2 Å². The smallest absolute Gasteiger partial charge is 0.310 e. The van der Waals surface area contributed by atoms with Crippen LogP contribution in [0, 0.1) is 14.9 Å². The molecule has 2 rings (SSSR count). The highest BCUT2D eigenvalue weighted by molar-refractivity contribution is 7.71. The van der Waals surface area contributed by atoms with Crippen molar-refractivity contribution in [2.45, 2.75) is 19.4 Å². The van der Waals surface area contributed by atoms with Gasteiger partial charge in [-0.05, 0) is 12.2 Å². The number of aromatic nitrogens is 3. The molecule has 7 nitrogen and oxygen atoms in total. The number of aryl methyl sites for hydroxylation is 1. The molecule has 0 aliphatic carbocycles. The summed E-state index contributed by atoms with van der Waals surface area (Å²) >= 11 is 5.07. The second kappa shape index (κ2) is 7.09. The Morgan fingerprint density at radius 2 is 2.04 bits per heavy atom. The van der Waals surface area contributed by atoms with Crippen molar-refractivity contribution in [3.8, 4) is 0 Å². The molecule has 0 radical (unpaired) electrons. The van der Waals surface area contributed by atoms with Gasteiger partial charge in [0.25, 0.3) is 5.69 Å². The molecule has 1 heterocycles. The SMILES string of the molecule is Cn1cnn(CN(Cc2ccccc2[N+](=O)[O-])CC(F)(F)F)c1=S. The molecule has 0 saturated carbocycles. The largest absolute Gasteiger partial charge is 0.401 e. The molecule has 0 bridgehead atoms. The fourth-order valence-corrected chi connectivity index (χ4v) is 2.33. The number of nitro groups is 1. The van der Waals surface area contributed by atoms with Crippen molar-refractivity contribution < 1.29 is 18.1 Å². The molecular weight excluding hydrogens is 347 g/mol. The highest BCUT2D eigenvalue weighted by Crippen LogP contribution is 2.23. The van der Waals surface area contributed by atoms with E-state index in [1.807, 2.05) is 0 Å². The minimum absolute atomic E-state index is 0.189. The summed E-state index contributed by atoms with van der Waals surface area (Å²) in [4.78, 5) is 11.4. The Kier molecular flexibility index (Phi) is 5.34. The zero-order chi connectivity index (χ0) is 17.9. The number of rotatable bonds is 6. The molecule has 0 N–H and O–H groups in total. The first kappa shape index (κ1) is 18.1. The quantitative estimate of drug-likeness (QED) is 0.450. The Bertz CT molecular complexity index is 786. The van der Waals surface area contributed by atoms with Gasteiger partial charge in [-0.2, -0.15) is 18.3 Å². The van der Waals surface area contributed by atoms with Gasteiger partial charge in [0.2, 0.25) is 0 Å². The Hall–Kier alpha value is -2.27. The summed E-state index contributed by atoms with van der Waals surface area (Å²) in [6, 6.07) is 5.69. The first-order chi connectivity index (χ1) is 11.2. The van der Waals surface area contributed by atoms with Crippen molar-refractivity contribution >= 4 is 17.9 Å². The van der Waals surface area contributed by atoms with Crippen molar-refractivity contribution in [3.05, 3.63) is 51.0 Å². The molecule has 0 spiro atoms. The fraction of sp³-hybridized carbons (Fsp3) is 0.385. The van der Waals surface area contributed by atoms with Crippen LogP contribution in [0.25, 0.3) is 0 Å². The summed E-state index contributed by atoms with van der Waals surface area (Å²) in [5.41, 5.74) is -0.0384. The number of hydrogen-bond acceptors (Lipinski definition) is 5. The first-order valence-corrected chi connectivity index (χ1v) is 7.18. The third-order valence-electron chi connectivity index (χ3n) is 3.21. The van der Waals surface area contributed by atoms with Crippen LogP contribution in [-0.2, 0) is 20.3 Å². The standard InChI is InChI=1S/C13H14F3N5O2S/c1-18-8-17-20(12(18)24)9-19(7-13(14,15)16)6-10-4-2-3-5-11(10)21(22)23/h2-5,8H,6-7,9H2,1H3. The molecule has 0 aliphatic heterocycles. The summed E-state index contributed by atoms with van der Waals surface area (Å²) < 4.78 is 41.5. The molecule has 24 heavy (non-hydrogen) atoms. The highest BCUT2D eigenvalue weighted by Gasteiger charge is 2.32. The molecule has 0 fully saturated rings. The van der Waals surface area contributed by atoms with E-state index in [0.29, 0.717) is 0 Å². The minimum atomic E-state index is -4.46. The van der Waals surface area contributed by atoms with Gasteiger partial charge in [0.15, 0.2) is 4.77 Å². The topological polar surface area (TPSA) is 69.1 Å². The lowest BCUT2D eigenvalue weighted by Crippen LogP contribution is -2.35. The summed E-state index contributed by atoms with van der Waals surface area (Å²) in [6.45, 7) is -1.72. The predicted octanol–water partition coefficient (Wildman–Crippen LogP) is 2.88. The van der Waals surface area contributed by atoms with Gasteiger partial charge in [0.05, 0.1) is 18.1 Å². The van der Waals surface area contributed by atoms with Crippen LogP contribution in [0.4, 0.5) is 18.9 Å². The van der Waals surface area contributed by atoms with Crippen LogP contribution >= 0.6 is 12.2 Å². The Balaban J connectivity index is 2.29. The van der Waals surface area contributed by atoms with E-state index in [-0.39, 0.29) is 29.2 Å². The zero-order valence-electron chi connectivity index (χ0n) is 12.6. The van der Waals surface area contributed by atoms with E-state index in [2.05, 4.69) is 5.10 Å². The molecular formula is C13H14F3N5O2S. The van der Waals surface area contributed by atoms with Crippen LogP contribution < -0.4 is 0 Å². The van der Waals surface area contributed by atoms with Crippen molar-refractivity contribution in [1.29, 1.82) is 0 Å². The van der Waals surface area contributed by atoms with Crippen LogP contribution in [0.5, 0.6) is 0 Å². The number of benzene rings is 1. The van der Waals surface area contributed by atoms with Crippen LogP contribution in [0.2, 0.25) is 0 Å². The summed E-state index contributed by atoms with van der Waals surface area (Å²) in [5.74, 6) is 0. The van der Waals surface area contributed by atoms with Crippen molar-refractivity contribution in [2.75, 3.05) is 6.54 Å². The molecule has 0 unspecified atom stereocenters. The molecule has 2 aromatic rings. The minimum Gasteiger partial charge on any atom is -0.310 e. The molecule has 1 aromatic carbocycles. The second-order valence-electron chi connectivity index (χ2n) is 5.15. The lowest BCUT2D eigenvalue weighted by Gasteiger charge is -2.23. The predicted molar refractivity (Wildman–Crippen MR) is 81.6 cm³/mol. The normalized spacial score (nSPS) is 11.9. The number of halogens is 3. The first-order valence-electron chi connectivity index (χ1n) is 6.77. The third kappa shape index (κ3) is 4.61. The fourth-order valence-electron chi connectivity index (χ4n) is 2.18. The number of hydrogen-bond donors (Lipinski definition) is 0. The Morgan fingerprint density at radius 1 is 1.38 bits per heavy atom. The van der Waals surface area contributed by atoms with Crippen molar-refractivity contribution in [2.24, 2.45) is 7.05 Å². The molecule has 0 atom stereocenters. The third-order valence-corrected chi connectivity index (χ3v) is 3.70. The Morgan fingerprint density at radius 3 is 2.58 bits per heavy atom. The van der Waals surface area contributed by atoms with Crippen molar-refractivity contribution in [1.82, 2.24) is 19.2 Å². The molecule has 0 amide bonds. The monoisotopic (exact) mass is 361 g/mol. The summed E-state index contributed by atoms with van der Waals surface area (Å²) in [6.07, 6.45) is -3.07. The molecule has 0 saturated heterocycles. The van der Waals surface area contributed by atoms with Gasteiger partial charge in [0.1, 0.15) is 6.33 Å². The van der Waals surface area contributed by atoms with Gasteiger partial charge in [-0.25, -0.2) is 4.68 Å². The number of alkyl halides is 3. The molecule has 0 aliphatic rings. The average molecular weight is 361 g/mol. The second-order valence-corrected chi connectivity index (χ2v) is 5.52. The van der Waals surface area contributed by atoms with Crippen LogP contribution in [-0.4, -0.2) is 36.9 Å². The van der Waals surface area contributed by atoms with Crippen LogP contribution in [0.1, 0.15) is 5.56 Å². The Labute approximate surface area is 140 Å². The maximum absolute atomic E-state index is 12.8. The summed E-state index contributed by atoms with van der Waals surface area (Å²) in [5, 5.41) is 14.9.